The van der Waals surface area contributed by atoms with Crippen molar-refractivity contribution in [2.75, 3.05) is 6.54 Å². The van der Waals surface area contributed by atoms with E-state index in [1.807, 2.05) is 13.8 Å². The molecule has 1 aliphatic rings. The van der Waals surface area contributed by atoms with E-state index in [-0.39, 0.29) is 36.4 Å². The molecule has 0 heterocycles. The maximum absolute atomic E-state index is 11.7. The Bertz CT molecular complexity index is 266. The van der Waals surface area contributed by atoms with Crippen LogP contribution in [0.15, 0.2) is 0 Å². The van der Waals surface area contributed by atoms with Crippen LogP contribution in [0.4, 0.5) is 0 Å². The summed E-state index contributed by atoms with van der Waals surface area (Å²) in [5.41, 5.74) is 5.81. The first-order valence-corrected chi connectivity index (χ1v) is 5.83. The number of hydrogen-bond donors (Lipinski definition) is 3. The van der Waals surface area contributed by atoms with Gasteiger partial charge in [-0.05, 0) is 26.7 Å². The third kappa shape index (κ3) is 3.81. The predicted octanol–water partition coefficient (Wildman–Crippen LogP) is -0.245. The monoisotopic (exact) mass is 227 g/mol. The van der Waals surface area contributed by atoms with Gasteiger partial charge in [0.05, 0.1) is 12.5 Å². The van der Waals surface area contributed by atoms with Crippen LogP contribution in [0.2, 0.25) is 0 Å². The maximum Gasteiger partial charge on any atom is 0.239 e. The lowest BCUT2D eigenvalue weighted by molar-refractivity contribution is -0.128. The molecule has 2 amide bonds. The Hall–Kier alpha value is -1.10. The van der Waals surface area contributed by atoms with Crippen molar-refractivity contribution < 1.29 is 9.59 Å². The van der Waals surface area contributed by atoms with Gasteiger partial charge in [-0.1, -0.05) is 6.42 Å². The summed E-state index contributed by atoms with van der Waals surface area (Å²) in [5.74, 6) is -0.370. The molecule has 0 saturated heterocycles. The third-order valence-corrected chi connectivity index (χ3v) is 2.78. The van der Waals surface area contributed by atoms with E-state index in [2.05, 4.69) is 10.6 Å². The molecule has 0 radical (unpaired) electrons. The first kappa shape index (κ1) is 13.0. The van der Waals surface area contributed by atoms with E-state index in [9.17, 15) is 9.59 Å². The van der Waals surface area contributed by atoms with Crippen molar-refractivity contribution in [1.82, 2.24) is 10.6 Å². The zero-order valence-corrected chi connectivity index (χ0v) is 9.95. The van der Waals surface area contributed by atoms with Gasteiger partial charge >= 0.3 is 0 Å². The number of nitrogens with one attached hydrogen (secondary N) is 2. The van der Waals surface area contributed by atoms with Crippen LogP contribution in [0, 0.1) is 5.92 Å². The maximum atomic E-state index is 11.7. The molecular formula is C11H21N3O2. The van der Waals surface area contributed by atoms with Crippen LogP contribution < -0.4 is 16.4 Å². The molecule has 0 spiro atoms. The predicted molar refractivity (Wildman–Crippen MR) is 61.6 cm³/mol. The van der Waals surface area contributed by atoms with Crippen molar-refractivity contribution >= 4 is 11.8 Å². The Morgan fingerprint density at radius 1 is 1.38 bits per heavy atom. The molecule has 92 valence electrons. The minimum Gasteiger partial charge on any atom is -0.352 e. The van der Waals surface area contributed by atoms with Crippen LogP contribution in [0.1, 0.15) is 33.1 Å². The van der Waals surface area contributed by atoms with Crippen LogP contribution >= 0.6 is 0 Å². The number of amides is 2. The first-order valence-electron chi connectivity index (χ1n) is 5.83. The number of carbonyl (C=O) groups excluding carboxylic acids is 2. The second kappa shape index (κ2) is 5.84. The van der Waals surface area contributed by atoms with Crippen molar-refractivity contribution in [2.45, 2.75) is 45.2 Å². The highest BCUT2D eigenvalue weighted by molar-refractivity contribution is 5.86. The quantitative estimate of drug-likeness (QED) is 0.619. The van der Waals surface area contributed by atoms with Gasteiger partial charge in [-0.2, -0.15) is 0 Å². The van der Waals surface area contributed by atoms with Crippen molar-refractivity contribution in [3.05, 3.63) is 0 Å². The standard InChI is InChI=1S/C11H21N3O2/c1-7(2)14-10(15)6-13-11(16)8-4-3-5-9(8)12/h7-9H,3-6,12H2,1-2H3,(H,13,16)(H,14,15). The molecule has 0 aliphatic heterocycles. The molecule has 0 aromatic rings. The summed E-state index contributed by atoms with van der Waals surface area (Å²) >= 11 is 0. The van der Waals surface area contributed by atoms with Crippen LogP contribution in [0.3, 0.4) is 0 Å². The van der Waals surface area contributed by atoms with Crippen LogP contribution in [0.25, 0.3) is 0 Å². The lowest BCUT2D eigenvalue weighted by Crippen LogP contribution is -2.44. The fraction of sp³-hybridized carbons (Fsp3) is 0.818. The second-order valence-electron chi connectivity index (χ2n) is 4.64. The summed E-state index contributed by atoms with van der Waals surface area (Å²) < 4.78 is 0. The molecule has 0 bridgehead atoms. The first-order chi connectivity index (χ1) is 7.50. The molecule has 1 rings (SSSR count). The molecule has 5 nitrogen and oxygen atoms in total. The third-order valence-electron chi connectivity index (χ3n) is 2.78. The van der Waals surface area contributed by atoms with Gasteiger partial charge < -0.3 is 16.4 Å². The molecule has 0 aromatic heterocycles. The van der Waals surface area contributed by atoms with Crippen LogP contribution in [-0.4, -0.2) is 30.4 Å². The fourth-order valence-corrected chi connectivity index (χ4v) is 1.99. The Labute approximate surface area is 96.1 Å². The fourth-order valence-electron chi connectivity index (χ4n) is 1.99. The highest BCUT2D eigenvalue weighted by Crippen LogP contribution is 2.23. The highest BCUT2D eigenvalue weighted by Gasteiger charge is 2.30. The molecule has 1 fully saturated rings. The van der Waals surface area contributed by atoms with E-state index in [4.69, 9.17) is 5.73 Å². The van der Waals surface area contributed by atoms with Gasteiger partial charge in [-0.3, -0.25) is 9.59 Å². The Morgan fingerprint density at radius 3 is 2.56 bits per heavy atom. The van der Waals surface area contributed by atoms with Gasteiger partial charge in [0.25, 0.3) is 0 Å². The van der Waals surface area contributed by atoms with Gasteiger partial charge in [0.15, 0.2) is 0 Å². The second-order valence-corrected chi connectivity index (χ2v) is 4.64. The molecular weight excluding hydrogens is 206 g/mol. The molecule has 2 atom stereocenters. The van der Waals surface area contributed by atoms with Gasteiger partial charge in [0, 0.05) is 12.1 Å². The van der Waals surface area contributed by atoms with E-state index in [1.54, 1.807) is 0 Å². The number of rotatable bonds is 4. The normalized spacial score (nSPS) is 24.5. The zero-order valence-electron chi connectivity index (χ0n) is 9.95. The summed E-state index contributed by atoms with van der Waals surface area (Å²) in [4.78, 5) is 23.0. The number of nitrogens with two attached hydrogens (primary N) is 1. The van der Waals surface area contributed by atoms with Gasteiger partial charge in [-0.15, -0.1) is 0 Å². The van der Waals surface area contributed by atoms with E-state index >= 15 is 0 Å². The zero-order chi connectivity index (χ0) is 12.1. The molecule has 1 saturated carbocycles. The molecule has 1 aliphatic carbocycles. The smallest absolute Gasteiger partial charge is 0.239 e. The highest BCUT2D eigenvalue weighted by atomic mass is 16.2. The Balaban J connectivity index is 2.27. The lowest BCUT2D eigenvalue weighted by atomic mass is 10.0. The van der Waals surface area contributed by atoms with Crippen LogP contribution in [0.5, 0.6) is 0 Å². The molecule has 16 heavy (non-hydrogen) atoms. The number of hydrogen-bond acceptors (Lipinski definition) is 3. The van der Waals surface area contributed by atoms with Crippen molar-refractivity contribution in [3.63, 3.8) is 0 Å². The minimum absolute atomic E-state index is 0.0419. The van der Waals surface area contributed by atoms with Crippen molar-refractivity contribution in [2.24, 2.45) is 11.7 Å². The van der Waals surface area contributed by atoms with E-state index in [1.165, 1.54) is 0 Å². The Morgan fingerprint density at radius 2 is 2.06 bits per heavy atom. The van der Waals surface area contributed by atoms with Crippen LogP contribution in [-0.2, 0) is 9.59 Å². The average Bonchev–Trinajstić information content (AvgIpc) is 2.60. The average molecular weight is 227 g/mol. The summed E-state index contributed by atoms with van der Waals surface area (Å²) in [6.07, 6.45) is 2.73. The molecule has 2 unspecified atom stereocenters. The summed E-state index contributed by atoms with van der Waals surface area (Å²) in [6, 6.07) is 0.0475. The minimum atomic E-state index is -0.157. The van der Waals surface area contributed by atoms with Gasteiger partial charge in [-0.25, -0.2) is 0 Å². The summed E-state index contributed by atoms with van der Waals surface area (Å²) in [5, 5.41) is 5.34. The molecule has 0 aromatic carbocycles. The lowest BCUT2D eigenvalue weighted by Gasteiger charge is -2.15. The van der Waals surface area contributed by atoms with Crippen molar-refractivity contribution in [1.29, 1.82) is 0 Å². The van der Waals surface area contributed by atoms with E-state index in [0.717, 1.165) is 19.3 Å². The Kier molecular flexibility index (Phi) is 4.73. The topological polar surface area (TPSA) is 84.2 Å². The summed E-state index contributed by atoms with van der Waals surface area (Å²) in [7, 11) is 0. The number of carbonyl (C=O) groups is 2. The van der Waals surface area contributed by atoms with Gasteiger partial charge in [0.1, 0.15) is 0 Å². The largest absolute Gasteiger partial charge is 0.352 e. The summed E-state index contributed by atoms with van der Waals surface area (Å²) in [6.45, 7) is 3.81. The molecule has 4 N–H and O–H groups in total. The van der Waals surface area contributed by atoms with E-state index in [0.29, 0.717) is 0 Å². The van der Waals surface area contributed by atoms with Crippen molar-refractivity contribution in [3.8, 4) is 0 Å². The van der Waals surface area contributed by atoms with Gasteiger partial charge in [0.2, 0.25) is 11.8 Å². The van der Waals surface area contributed by atoms with E-state index < -0.39 is 0 Å². The molecule has 5 heteroatoms. The SMILES string of the molecule is CC(C)NC(=O)CNC(=O)C1CCCC1N.